The van der Waals surface area contributed by atoms with Gasteiger partial charge in [0, 0.05) is 11.6 Å². The first-order valence-corrected chi connectivity index (χ1v) is 8.40. The van der Waals surface area contributed by atoms with Crippen molar-refractivity contribution in [2.45, 2.75) is 20.0 Å². The highest BCUT2D eigenvalue weighted by molar-refractivity contribution is 5.71. The van der Waals surface area contributed by atoms with Crippen molar-refractivity contribution in [1.82, 2.24) is 10.2 Å². The zero-order valence-electron chi connectivity index (χ0n) is 15.2. The third kappa shape index (κ3) is 4.50. The second-order valence-electron chi connectivity index (χ2n) is 5.96. The number of para-hydroxylation sites is 2. The standard InChI is InChI=1S/C19H17N3O6/c1-12-7-9-14(10-8-12)19-21-20-18(28-19)13(2)27-17(23)11-26-16-6-4-3-5-15(16)22(24)25/h3-10,13H,11H2,1-2H3. The lowest BCUT2D eigenvalue weighted by Crippen LogP contribution is -2.17. The van der Waals surface area contributed by atoms with Crippen LogP contribution < -0.4 is 4.74 Å². The molecule has 0 fully saturated rings. The molecule has 0 bridgehead atoms. The first kappa shape index (κ1) is 19.0. The van der Waals surface area contributed by atoms with Crippen LogP contribution in [-0.4, -0.2) is 27.7 Å². The van der Waals surface area contributed by atoms with Crippen molar-refractivity contribution in [3.63, 3.8) is 0 Å². The van der Waals surface area contributed by atoms with Gasteiger partial charge in [-0.25, -0.2) is 4.79 Å². The second-order valence-corrected chi connectivity index (χ2v) is 5.96. The molecule has 0 N–H and O–H groups in total. The Hall–Kier alpha value is -3.75. The summed E-state index contributed by atoms with van der Waals surface area (Å²) in [6.07, 6.45) is -0.798. The van der Waals surface area contributed by atoms with Crippen LogP contribution in [0.4, 0.5) is 5.69 Å². The van der Waals surface area contributed by atoms with Crippen LogP contribution in [0.25, 0.3) is 11.5 Å². The summed E-state index contributed by atoms with van der Waals surface area (Å²) >= 11 is 0. The highest BCUT2D eigenvalue weighted by atomic mass is 16.6. The second kappa shape index (κ2) is 8.30. The average molecular weight is 383 g/mol. The van der Waals surface area contributed by atoms with Gasteiger partial charge in [-0.2, -0.15) is 0 Å². The van der Waals surface area contributed by atoms with Crippen LogP contribution in [0.5, 0.6) is 5.75 Å². The van der Waals surface area contributed by atoms with Crippen LogP contribution in [0.1, 0.15) is 24.5 Å². The van der Waals surface area contributed by atoms with Crippen molar-refractivity contribution < 1.29 is 23.6 Å². The van der Waals surface area contributed by atoms with Crippen molar-refractivity contribution in [1.29, 1.82) is 0 Å². The summed E-state index contributed by atoms with van der Waals surface area (Å²) in [5.74, 6) is -0.291. The van der Waals surface area contributed by atoms with E-state index in [9.17, 15) is 14.9 Å². The molecule has 3 rings (SSSR count). The highest BCUT2D eigenvalue weighted by Gasteiger charge is 2.21. The van der Waals surface area contributed by atoms with E-state index in [0.717, 1.165) is 11.1 Å². The van der Waals surface area contributed by atoms with Crippen LogP contribution in [0, 0.1) is 17.0 Å². The molecule has 1 atom stereocenters. The van der Waals surface area contributed by atoms with E-state index in [1.807, 2.05) is 31.2 Å². The third-order valence-electron chi connectivity index (χ3n) is 3.80. The molecule has 0 radical (unpaired) electrons. The molecule has 9 nitrogen and oxygen atoms in total. The van der Waals surface area contributed by atoms with Crippen LogP contribution >= 0.6 is 0 Å². The van der Waals surface area contributed by atoms with Gasteiger partial charge >= 0.3 is 11.7 Å². The van der Waals surface area contributed by atoms with Crippen LogP contribution in [0.15, 0.2) is 52.9 Å². The van der Waals surface area contributed by atoms with E-state index in [0.29, 0.717) is 5.89 Å². The smallest absolute Gasteiger partial charge is 0.344 e. The topological polar surface area (TPSA) is 118 Å². The Kier molecular flexibility index (Phi) is 5.64. The molecular formula is C19H17N3O6. The zero-order chi connectivity index (χ0) is 20.1. The first-order chi connectivity index (χ1) is 13.4. The minimum absolute atomic E-state index is 0.0171. The molecule has 3 aromatic rings. The van der Waals surface area contributed by atoms with Crippen molar-refractivity contribution in [2.24, 2.45) is 0 Å². The number of hydrogen-bond acceptors (Lipinski definition) is 8. The molecule has 0 saturated carbocycles. The molecule has 0 saturated heterocycles. The summed E-state index contributed by atoms with van der Waals surface area (Å²) in [5.41, 5.74) is 1.62. The minimum atomic E-state index is -0.798. The maximum absolute atomic E-state index is 12.0. The number of esters is 1. The monoisotopic (exact) mass is 383 g/mol. The predicted molar refractivity (Wildman–Crippen MR) is 97.6 cm³/mol. The largest absolute Gasteiger partial charge is 0.475 e. The average Bonchev–Trinajstić information content (AvgIpc) is 3.17. The number of carbonyl (C=O) groups excluding carboxylic acids is 1. The number of carbonyl (C=O) groups is 1. The van der Waals surface area contributed by atoms with Gasteiger partial charge in [-0.1, -0.05) is 29.8 Å². The molecule has 0 amide bonds. The van der Waals surface area contributed by atoms with Gasteiger partial charge in [0.1, 0.15) is 0 Å². The first-order valence-electron chi connectivity index (χ1n) is 8.40. The van der Waals surface area contributed by atoms with E-state index >= 15 is 0 Å². The van der Waals surface area contributed by atoms with Gasteiger partial charge in [-0.3, -0.25) is 10.1 Å². The maximum atomic E-state index is 12.0. The van der Waals surface area contributed by atoms with Crippen molar-refractivity contribution >= 4 is 11.7 Å². The van der Waals surface area contributed by atoms with Crippen molar-refractivity contribution in [3.8, 4) is 17.2 Å². The Bertz CT molecular complexity index is 983. The third-order valence-corrected chi connectivity index (χ3v) is 3.80. The van der Waals surface area contributed by atoms with Gasteiger partial charge in [-0.05, 0) is 32.0 Å². The van der Waals surface area contributed by atoms with Gasteiger partial charge in [0.2, 0.25) is 5.89 Å². The number of hydrogen-bond donors (Lipinski definition) is 0. The number of rotatable bonds is 7. The van der Waals surface area contributed by atoms with Gasteiger partial charge in [-0.15, -0.1) is 10.2 Å². The zero-order valence-corrected chi connectivity index (χ0v) is 15.2. The van der Waals surface area contributed by atoms with Gasteiger partial charge in [0.15, 0.2) is 18.5 Å². The lowest BCUT2D eigenvalue weighted by molar-refractivity contribution is -0.385. The van der Waals surface area contributed by atoms with E-state index in [1.165, 1.54) is 18.2 Å². The molecule has 28 heavy (non-hydrogen) atoms. The molecule has 0 aliphatic heterocycles. The molecule has 0 aliphatic rings. The SMILES string of the molecule is Cc1ccc(-c2nnc(C(C)OC(=O)COc3ccccc3[N+](=O)[O-])o2)cc1. The molecule has 0 spiro atoms. The van der Waals surface area contributed by atoms with Gasteiger partial charge < -0.3 is 13.9 Å². The minimum Gasteiger partial charge on any atom is -0.475 e. The number of aromatic nitrogens is 2. The molecule has 0 aliphatic carbocycles. The molecule has 1 aromatic heterocycles. The Labute approximate surface area is 160 Å². The Morgan fingerprint density at radius 3 is 2.61 bits per heavy atom. The fourth-order valence-electron chi connectivity index (χ4n) is 2.36. The van der Waals surface area contributed by atoms with Crippen LogP contribution in [-0.2, 0) is 9.53 Å². The summed E-state index contributed by atoms with van der Waals surface area (Å²) in [5, 5.41) is 18.8. The highest BCUT2D eigenvalue weighted by Crippen LogP contribution is 2.26. The molecule has 1 heterocycles. The van der Waals surface area contributed by atoms with Gasteiger partial charge in [0.25, 0.3) is 5.89 Å². The molecule has 144 valence electrons. The number of nitrogens with zero attached hydrogens (tertiary/aromatic N) is 3. The van der Waals surface area contributed by atoms with E-state index in [-0.39, 0.29) is 17.3 Å². The molecular weight excluding hydrogens is 366 g/mol. The molecule has 2 aromatic carbocycles. The van der Waals surface area contributed by atoms with E-state index in [2.05, 4.69) is 10.2 Å². The lowest BCUT2D eigenvalue weighted by Gasteiger charge is -2.10. The normalized spacial score (nSPS) is 11.6. The van der Waals surface area contributed by atoms with Gasteiger partial charge in [0.05, 0.1) is 4.92 Å². The number of aryl methyl sites for hydroxylation is 1. The number of ether oxygens (including phenoxy) is 2. The predicted octanol–water partition coefficient (Wildman–Crippen LogP) is 3.64. The maximum Gasteiger partial charge on any atom is 0.344 e. The molecule has 1 unspecified atom stereocenters. The fraction of sp³-hybridized carbons (Fsp3) is 0.211. The summed E-state index contributed by atoms with van der Waals surface area (Å²) < 4.78 is 16.0. The Morgan fingerprint density at radius 1 is 1.18 bits per heavy atom. The molecule has 9 heteroatoms. The fourth-order valence-corrected chi connectivity index (χ4v) is 2.36. The summed E-state index contributed by atoms with van der Waals surface area (Å²) in [6.45, 7) is 3.06. The Morgan fingerprint density at radius 2 is 1.89 bits per heavy atom. The summed E-state index contributed by atoms with van der Waals surface area (Å²) in [7, 11) is 0. The van der Waals surface area contributed by atoms with E-state index < -0.39 is 23.6 Å². The summed E-state index contributed by atoms with van der Waals surface area (Å²) in [6, 6.07) is 13.3. The Balaban J connectivity index is 1.59. The summed E-state index contributed by atoms with van der Waals surface area (Å²) in [4.78, 5) is 22.3. The lowest BCUT2D eigenvalue weighted by atomic mass is 10.1. The number of nitro benzene ring substituents is 1. The number of benzene rings is 2. The van der Waals surface area contributed by atoms with Crippen molar-refractivity contribution in [3.05, 3.63) is 70.1 Å². The van der Waals surface area contributed by atoms with Crippen molar-refractivity contribution in [2.75, 3.05) is 6.61 Å². The van der Waals surface area contributed by atoms with Crippen LogP contribution in [0.2, 0.25) is 0 Å². The number of nitro groups is 1. The quantitative estimate of drug-likeness (QED) is 0.345. The van der Waals surface area contributed by atoms with Crippen LogP contribution in [0.3, 0.4) is 0 Å². The van der Waals surface area contributed by atoms with E-state index in [4.69, 9.17) is 13.9 Å². The van der Waals surface area contributed by atoms with E-state index in [1.54, 1.807) is 13.0 Å².